The number of carbonyl (C=O) groups excluding carboxylic acids is 2. The number of Topliss-reactive ketones (excluding diaryl/α,β-unsaturated/α-hetero) is 1. The molecule has 0 radical (unpaired) electrons. The largest absolute Gasteiger partial charge is 0.508 e. The summed E-state index contributed by atoms with van der Waals surface area (Å²) in [6.07, 6.45) is -5.29. The maximum Gasteiger partial charge on any atom is 0.437 e. The van der Waals surface area contributed by atoms with E-state index in [2.05, 4.69) is 5.32 Å². The highest BCUT2D eigenvalue weighted by atomic mass is 32.1. The molecule has 2 amide bonds. The third-order valence-electron chi connectivity index (χ3n) is 4.10. The van der Waals surface area contributed by atoms with Crippen LogP contribution in [0.25, 0.3) is 0 Å². The summed E-state index contributed by atoms with van der Waals surface area (Å²) in [5, 5.41) is 24.9. The average molecular weight is 386 g/mol. The smallest absolute Gasteiger partial charge is 0.437 e. The van der Waals surface area contributed by atoms with Gasteiger partial charge in [-0.15, -0.1) is 11.3 Å². The van der Waals surface area contributed by atoms with E-state index in [0.717, 1.165) is 11.3 Å². The lowest BCUT2D eigenvalue weighted by Gasteiger charge is -2.44. The van der Waals surface area contributed by atoms with Gasteiger partial charge in [-0.3, -0.25) is 4.79 Å². The number of phenolic OH excluding ortho intramolecular Hbond substituents is 1. The molecule has 10 heteroatoms. The quantitative estimate of drug-likeness (QED) is 0.610. The SMILES string of the molecule is O=C1N[C@H](c2ccc(O)cc2)[C@H](C(=O)c2cccs2)[C@](O)(C(F)(F)F)N1. The monoisotopic (exact) mass is 386 g/mol. The number of benzene rings is 1. The van der Waals surface area contributed by atoms with Gasteiger partial charge in [0, 0.05) is 0 Å². The summed E-state index contributed by atoms with van der Waals surface area (Å²) in [6.45, 7) is 0. The van der Waals surface area contributed by atoms with Gasteiger partial charge >= 0.3 is 12.2 Å². The number of halogens is 3. The number of ketones is 1. The molecule has 1 aromatic heterocycles. The number of carbonyl (C=O) groups is 2. The molecule has 0 saturated carbocycles. The molecule has 3 rings (SSSR count). The lowest BCUT2D eigenvalue weighted by atomic mass is 9.78. The fourth-order valence-electron chi connectivity index (χ4n) is 2.87. The molecule has 6 nitrogen and oxygen atoms in total. The standard InChI is InChI=1S/C16H13F3N2O4S/c17-16(18,19)15(25)11(13(23)10-2-1-7-26-10)12(20-14(24)21-15)8-3-5-9(22)6-4-8/h1-7,11-12,22,25H,(H2,20,21,24)/t11-,12-,15+/m1/s1. The number of alkyl halides is 3. The molecular formula is C16H13F3N2O4S. The minimum absolute atomic E-state index is 0.0133. The Balaban J connectivity index is 2.14. The van der Waals surface area contributed by atoms with Gasteiger partial charge in [0.2, 0.25) is 5.72 Å². The lowest BCUT2D eigenvalue weighted by molar-refractivity contribution is -0.287. The van der Waals surface area contributed by atoms with Gasteiger partial charge in [0.25, 0.3) is 0 Å². The van der Waals surface area contributed by atoms with Crippen molar-refractivity contribution in [2.24, 2.45) is 5.92 Å². The zero-order valence-electron chi connectivity index (χ0n) is 12.9. The van der Waals surface area contributed by atoms with E-state index in [4.69, 9.17) is 0 Å². The van der Waals surface area contributed by atoms with E-state index in [1.807, 2.05) is 0 Å². The Kier molecular flexibility index (Phi) is 4.41. The second-order valence-electron chi connectivity index (χ2n) is 5.75. The highest BCUT2D eigenvalue weighted by Crippen LogP contribution is 2.44. The number of aromatic hydroxyl groups is 1. The van der Waals surface area contributed by atoms with Crippen molar-refractivity contribution in [3.05, 3.63) is 52.2 Å². The van der Waals surface area contributed by atoms with Gasteiger partial charge in [-0.2, -0.15) is 13.2 Å². The van der Waals surface area contributed by atoms with Gasteiger partial charge in [0.1, 0.15) is 11.7 Å². The fraction of sp³-hybridized carbons (Fsp3) is 0.250. The molecule has 2 heterocycles. The first-order valence-electron chi connectivity index (χ1n) is 7.38. The van der Waals surface area contributed by atoms with Crippen molar-refractivity contribution in [3.63, 3.8) is 0 Å². The molecule has 1 aliphatic heterocycles. The summed E-state index contributed by atoms with van der Waals surface area (Å²) in [7, 11) is 0. The van der Waals surface area contributed by atoms with Crippen LogP contribution in [-0.4, -0.2) is 33.9 Å². The summed E-state index contributed by atoms with van der Waals surface area (Å²) in [6, 6.07) is 5.09. The van der Waals surface area contributed by atoms with Crippen LogP contribution in [0.1, 0.15) is 21.3 Å². The molecule has 26 heavy (non-hydrogen) atoms. The van der Waals surface area contributed by atoms with Gasteiger partial charge in [0.05, 0.1) is 10.9 Å². The predicted molar refractivity (Wildman–Crippen MR) is 85.7 cm³/mol. The number of urea groups is 1. The number of aliphatic hydroxyl groups is 1. The van der Waals surface area contributed by atoms with E-state index >= 15 is 0 Å². The summed E-state index contributed by atoms with van der Waals surface area (Å²) in [5.74, 6) is -3.17. The van der Waals surface area contributed by atoms with Crippen LogP contribution in [0.2, 0.25) is 0 Å². The highest BCUT2D eigenvalue weighted by Gasteiger charge is 2.66. The van der Waals surface area contributed by atoms with E-state index in [1.54, 1.807) is 0 Å². The van der Waals surface area contributed by atoms with Crippen molar-refractivity contribution in [2.45, 2.75) is 17.9 Å². The van der Waals surface area contributed by atoms with E-state index in [9.17, 15) is 33.0 Å². The zero-order chi connectivity index (χ0) is 19.1. The van der Waals surface area contributed by atoms with Crippen LogP contribution >= 0.6 is 11.3 Å². The topological polar surface area (TPSA) is 98.7 Å². The van der Waals surface area contributed by atoms with E-state index in [0.29, 0.717) is 0 Å². The van der Waals surface area contributed by atoms with Crippen LogP contribution in [0, 0.1) is 5.92 Å². The van der Waals surface area contributed by atoms with Crippen molar-refractivity contribution in [1.29, 1.82) is 0 Å². The van der Waals surface area contributed by atoms with Crippen LogP contribution in [0.5, 0.6) is 5.75 Å². The minimum Gasteiger partial charge on any atom is -0.508 e. The van der Waals surface area contributed by atoms with Crippen LogP contribution in [0.15, 0.2) is 41.8 Å². The first kappa shape index (κ1) is 18.2. The number of amides is 2. The molecule has 3 atom stereocenters. The summed E-state index contributed by atoms with van der Waals surface area (Å²) in [4.78, 5) is 24.6. The molecule has 0 aliphatic carbocycles. The number of hydrogen-bond donors (Lipinski definition) is 4. The van der Waals surface area contributed by atoms with Crippen LogP contribution in [0.4, 0.5) is 18.0 Å². The van der Waals surface area contributed by atoms with Crippen molar-refractivity contribution < 1.29 is 33.0 Å². The molecule has 0 spiro atoms. The average Bonchev–Trinajstić information content (AvgIpc) is 3.08. The fourth-order valence-corrected chi connectivity index (χ4v) is 3.57. The molecule has 1 aromatic carbocycles. The van der Waals surface area contributed by atoms with Gasteiger partial charge in [-0.05, 0) is 29.1 Å². The van der Waals surface area contributed by atoms with Gasteiger partial charge in [-0.1, -0.05) is 18.2 Å². The van der Waals surface area contributed by atoms with Crippen molar-refractivity contribution in [2.75, 3.05) is 0 Å². The number of hydrogen-bond acceptors (Lipinski definition) is 5. The Labute approximate surface area is 149 Å². The van der Waals surface area contributed by atoms with Crippen LogP contribution in [0.3, 0.4) is 0 Å². The van der Waals surface area contributed by atoms with E-state index in [-0.39, 0.29) is 16.2 Å². The third-order valence-corrected chi connectivity index (χ3v) is 4.99. The van der Waals surface area contributed by atoms with Crippen molar-refractivity contribution >= 4 is 23.2 Å². The van der Waals surface area contributed by atoms with Crippen LogP contribution in [-0.2, 0) is 0 Å². The van der Waals surface area contributed by atoms with Gasteiger partial charge in [-0.25, -0.2) is 4.79 Å². The number of rotatable bonds is 3. The number of nitrogens with one attached hydrogen (secondary N) is 2. The maximum atomic E-state index is 13.6. The first-order valence-corrected chi connectivity index (χ1v) is 8.26. The Morgan fingerprint density at radius 2 is 1.85 bits per heavy atom. The lowest BCUT2D eigenvalue weighted by Crippen LogP contribution is -2.72. The van der Waals surface area contributed by atoms with Gasteiger partial charge < -0.3 is 20.8 Å². The molecule has 1 aliphatic rings. The molecule has 4 N–H and O–H groups in total. The Bertz CT molecular complexity index is 823. The second-order valence-corrected chi connectivity index (χ2v) is 6.70. The van der Waals surface area contributed by atoms with Crippen molar-refractivity contribution in [1.82, 2.24) is 10.6 Å². The molecule has 1 fully saturated rings. The molecule has 1 saturated heterocycles. The number of phenols is 1. The summed E-state index contributed by atoms with van der Waals surface area (Å²) >= 11 is 0.928. The summed E-state index contributed by atoms with van der Waals surface area (Å²) in [5.41, 5.74) is -3.62. The minimum atomic E-state index is -5.29. The zero-order valence-corrected chi connectivity index (χ0v) is 13.8. The van der Waals surface area contributed by atoms with E-state index < -0.39 is 35.7 Å². The van der Waals surface area contributed by atoms with Gasteiger partial charge in [0.15, 0.2) is 5.78 Å². The molecule has 2 aromatic rings. The molecule has 0 unspecified atom stereocenters. The van der Waals surface area contributed by atoms with Crippen LogP contribution < -0.4 is 10.6 Å². The molecule has 138 valence electrons. The summed E-state index contributed by atoms with van der Waals surface area (Å²) < 4.78 is 40.9. The number of thiophene rings is 1. The third kappa shape index (κ3) is 3.01. The Morgan fingerprint density at radius 3 is 2.38 bits per heavy atom. The maximum absolute atomic E-state index is 13.6. The first-order chi connectivity index (χ1) is 12.1. The van der Waals surface area contributed by atoms with E-state index in [1.165, 1.54) is 47.1 Å². The Hall–Kier alpha value is -2.59. The molecule has 0 bridgehead atoms. The normalized spacial score (nSPS) is 26.1. The Morgan fingerprint density at radius 1 is 1.19 bits per heavy atom. The molecular weight excluding hydrogens is 373 g/mol. The highest BCUT2D eigenvalue weighted by molar-refractivity contribution is 7.12. The van der Waals surface area contributed by atoms with Crippen molar-refractivity contribution in [3.8, 4) is 5.75 Å². The second kappa shape index (κ2) is 6.29. The predicted octanol–water partition coefficient (Wildman–Crippen LogP) is 2.56.